The summed E-state index contributed by atoms with van der Waals surface area (Å²) >= 11 is 0. The zero-order valence-corrected chi connectivity index (χ0v) is 13.6. The Hall–Kier alpha value is -0.0831. The van der Waals surface area contributed by atoms with E-state index in [9.17, 15) is 13.2 Å². The van der Waals surface area contributed by atoms with Crippen LogP contribution in [0.1, 0.15) is 41.5 Å². The van der Waals surface area contributed by atoms with Gasteiger partial charge in [0.15, 0.2) is 0 Å². The zero-order chi connectivity index (χ0) is 15.6. The molecule has 0 aliphatic rings. The third kappa shape index (κ3) is 8.10. The molecule has 0 saturated carbocycles. The highest BCUT2D eigenvalue weighted by atomic mass is 32.2. The molecule has 3 nitrogen and oxygen atoms in total. The topological polar surface area (TPSA) is 54.4 Å². The van der Waals surface area contributed by atoms with Gasteiger partial charge in [0.25, 0.3) is 0 Å². The zero-order valence-electron chi connectivity index (χ0n) is 11.8. The number of hydrogen-bond donors (Lipinski definition) is 1. The Morgan fingerprint density at radius 3 is 1.06 bits per heavy atom. The molecule has 111 valence electrons. The van der Waals surface area contributed by atoms with Gasteiger partial charge in [-0.2, -0.15) is 21.6 Å². The van der Waals surface area contributed by atoms with E-state index in [0.717, 1.165) is 0 Å². The molecule has 0 aliphatic heterocycles. The largest absolute Gasteiger partial charge is 0.522 e. The van der Waals surface area contributed by atoms with Gasteiger partial charge < -0.3 is 0 Å². The predicted molar refractivity (Wildman–Crippen MR) is 68.7 cm³/mol. The summed E-state index contributed by atoms with van der Waals surface area (Å²) in [6.07, 6.45) is 0. The van der Waals surface area contributed by atoms with Crippen LogP contribution < -0.4 is 0 Å². The first-order valence-corrected chi connectivity index (χ1v) is 8.73. The predicted octanol–water partition coefficient (Wildman–Crippen LogP) is 4.11. The molecule has 0 amide bonds. The van der Waals surface area contributed by atoms with Crippen molar-refractivity contribution in [1.82, 2.24) is 0 Å². The lowest BCUT2D eigenvalue weighted by atomic mass is 10.2. The standard InChI is InChI=1S/C9H21Si.CHF3O3S/c1-8(2,3)10(7)9(4,5)6;2-1(3,4)8(5,6)7/h1-7H3;(H,5,6,7). The van der Waals surface area contributed by atoms with Gasteiger partial charge >= 0.3 is 15.6 Å². The number of halogens is 3. The quantitative estimate of drug-likeness (QED) is 0.416. The first kappa shape index (κ1) is 20.2. The highest BCUT2D eigenvalue weighted by Gasteiger charge is 2.44. The summed E-state index contributed by atoms with van der Waals surface area (Å²) in [5.74, 6) is 0. The maximum absolute atomic E-state index is 10.7. The monoisotopic (exact) mass is 307 g/mol. The van der Waals surface area contributed by atoms with Crippen LogP contribution in [0.25, 0.3) is 0 Å². The number of rotatable bonds is 0. The Morgan fingerprint density at radius 1 is 0.889 bits per heavy atom. The first-order valence-electron chi connectivity index (χ1n) is 5.29. The van der Waals surface area contributed by atoms with E-state index in [1.807, 2.05) is 0 Å². The van der Waals surface area contributed by atoms with Crippen molar-refractivity contribution < 1.29 is 26.1 Å². The summed E-state index contributed by atoms with van der Waals surface area (Å²) in [5, 5.41) is 1.09. The molecule has 0 spiro atoms. The Morgan fingerprint density at radius 2 is 1.06 bits per heavy atom. The van der Waals surface area contributed by atoms with Crippen molar-refractivity contribution in [1.29, 1.82) is 0 Å². The summed E-state index contributed by atoms with van der Waals surface area (Å²) in [6.45, 7) is 16.6. The highest BCUT2D eigenvalue weighted by molar-refractivity contribution is 7.86. The van der Waals surface area contributed by atoms with Crippen LogP contribution in [0.2, 0.25) is 16.6 Å². The number of hydrogen-bond acceptors (Lipinski definition) is 2. The SMILES string of the molecule is C[Si](C(C)(C)C)C(C)(C)C.O=S(=O)(O)C(F)(F)F. The van der Waals surface area contributed by atoms with E-state index in [2.05, 4.69) is 48.1 Å². The normalized spacial score (nSPS) is 14.2. The van der Waals surface area contributed by atoms with Crippen LogP contribution in [0.4, 0.5) is 13.2 Å². The fourth-order valence-electron chi connectivity index (χ4n) is 1.12. The minimum atomic E-state index is -5.84. The van der Waals surface area contributed by atoms with Crippen molar-refractivity contribution in [2.75, 3.05) is 0 Å². The second-order valence-corrected chi connectivity index (χ2v) is 11.7. The van der Waals surface area contributed by atoms with Crippen molar-refractivity contribution in [3.8, 4) is 0 Å². The van der Waals surface area contributed by atoms with Crippen LogP contribution in [0, 0.1) is 0 Å². The van der Waals surface area contributed by atoms with Crippen LogP contribution in [0.5, 0.6) is 0 Å². The molecular formula is C10H22F3O3SSi. The van der Waals surface area contributed by atoms with Gasteiger partial charge in [-0.15, -0.1) is 0 Å². The van der Waals surface area contributed by atoms with E-state index in [0.29, 0.717) is 10.1 Å². The minimum absolute atomic E-state index is 0.221. The molecule has 0 rings (SSSR count). The van der Waals surface area contributed by atoms with E-state index in [4.69, 9.17) is 13.0 Å². The van der Waals surface area contributed by atoms with Crippen molar-refractivity contribution >= 4 is 18.9 Å². The van der Waals surface area contributed by atoms with Gasteiger partial charge in [-0.1, -0.05) is 48.1 Å². The van der Waals surface area contributed by atoms with Gasteiger partial charge in [0.05, 0.1) is 8.80 Å². The molecule has 0 fully saturated rings. The highest BCUT2D eigenvalue weighted by Crippen LogP contribution is 2.41. The molecule has 0 aromatic rings. The van der Waals surface area contributed by atoms with Crippen LogP contribution >= 0.6 is 0 Å². The Bertz CT molecular complexity index is 336. The van der Waals surface area contributed by atoms with Gasteiger partial charge in [0.1, 0.15) is 0 Å². The van der Waals surface area contributed by atoms with Gasteiger partial charge in [0.2, 0.25) is 0 Å². The minimum Gasteiger partial charge on any atom is -0.279 e. The Balaban J connectivity index is 0. The van der Waals surface area contributed by atoms with Gasteiger partial charge in [-0.25, -0.2) is 0 Å². The molecule has 0 bridgehead atoms. The van der Waals surface area contributed by atoms with Crippen LogP contribution in [0.3, 0.4) is 0 Å². The molecule has 0 unspecified atom stereocenters. The summed E-state index contributed by atoms with van der Waals surface area (Å²) in [6, 6.07) is 0. The summed E-state index contributed by atoms with van der Waals surface area (Å²) < 4.78 is 57.5. The van der Waals surface area contributed by atoms with Crippen molar-refractivity contribution in [2.24, 2.45) is 0 Å². The Kier molecular flexibility index (Phi) is 6.65. The lowest BCUT2D eigenvalue weighted by molar-refractivity contribution is -0.0510. The lowest BCUT2D eigenvalue weighted by Gasteiger charge is -2.36. The molecule has 18 heavy (non-hydrogen) atoms. The van der Waals surface area contributed by atoms with E-state index in [-0.39, 0.29) is 8.80 Å². The average Bonchev–Trinajstić information content (AvgIpc) is 1.96. The first-order chi connectivity index (χ1) is 7.40. The molecule has 0 aliphatic carbocycles. The summed E-state index contributed by atoms with van der Waals surface area (Å²) in [4.78, 5) is 0. The number of alkyl halides is 3. The maximum Gasteiger partial charge on any atom is 0.522 e. The Labute approximate surface area is 109 Å². The van der Waals surface area contributed by atoms with Crippen LogP contribution in [-0.2, 0) is 10.1 Å². The fourth-order valence-corrected chi connectivity index (χ4v) is 3.38. The van der Waals surface area contributed by atoms with E-state index < -0.39 is 15.6 Å². The van der Waals surface area contributed by atoms with Gasteiger partial charge in [-0.05, 0) is 10.1 Å². The summed E-state index contributed by atoms with van der Waals surface area (Å²) in [5.41, 5.74) is -5.53. The lowest BCUT2D eigenvalue weighted by Crippen LogP contribution is -2.31. The summed E-state index contributed by atoms with van der Waals surface area (Å²) in [7, 11) is -6.06. The van der Waals surface area contributed by atoms with Gasteiger partial charge in [0, 0.05) is 0 Å². The fraction of sp³-hybridized carbons (Fsp3) is 1.00. The average molecular weight is 307 g/mol. The smallest absolute Gasteiger partial charge is 0.279 e. The van der Waals surface area contributed by atoms with Crippen molar-refractivity contribution in [2.45, 2.75) is 63.7 Å². The van der Waals surface area contributed by atoms with Crippen LogP contribution in [-0.4, -0.2) is 27.3 Å². The van der Waals surface area contributed by atoms with E-state index >= 15 is 0 Å². The van der Waals surface area contributed by atoms with E-state index in [1.165, 1.54) is 0 Å². The van der Waals surface area contributed by atoms with Crippen molar-refractivity contribution in [3.05, 3.63) is 0 Å². The van der Waals surface area contributed by atoms with Crippen LogP contribution in [0.15, 0.2) is 0 Å². The molecule has 0 saturated heterocycles. The van der Waals surface area contributed by atoms with Crippen molar-refractivity contribution in [3.63, 3.8) is 0 Å². The molecule has 0 aromatic carbocycles. The second-order valence-electron chi connectivity index (χ2n) is 6.05. The molecule has 1 N–H and O–H groups in total. The third-order valence-electron chi connectivity index (χ3n) is 2.54. The van der Waals surface area contributed by atoms with E-state index in [1.54, 1.807) is 0 Å². The second kappa shape index (κ2) is 5.92. The van der Waals surface area contributed by atoms with Gasteiger partial charge in [-0.3, -0.25) is 4.55 Å². The maximum atomic E-state index is 10.7. The molecule has 0 heterocycles. The third-order valence-corrected chi connectivity index (χ3v) is 7.63. The molecular weight excluding hydrogens is 285 g/mol. The molecule has 0 aromatic heterocycles. The molecule has 8 heteroatoms. The molecule has 0 atom stereocenters. The molecule has 1 radical (unpaired) electrons.